The largest absolute Gasteiger partial charge is 0.353 e. The highest BCUT2D eigenvalue weighted by molar-refractivity contribution is 6.13. The molecule has 2 amide bonds. The van der Waals surface area contributed by atoms with Gasteiger partial charge in [0.05, 0.1) is 22.5 Å². The summed E-state index contributed by atoms with van der Waals surface area (Å²) in [5, 5.41) is 6.15. The van der Waals surface area contributed by atoms with E-state index in [1.165, 1.54) is 24.3 Å². The smallest absolute Gasteiger partial charge is 0.258 e. The number of amides is 2. The SMILES string of the molecule is CC(C)c1c(C(=O)Nc2ccccc2)c(-c2ccccc2)c(-c2ccc(F)cc2)n1CCC=O.CCOC(CCn1c(-c2ccc(F)cc2)c(-c2ccccc2)c(C(=O)Nc2ccccc2)c1C(C)C)OCC. The Morgan fingerprint density at radius 1 is 0.507 bits per heavy atom. The second kappa shape index (κ2) is 25.6. The fraction of sp³-hybridized carbons (Fsp3) is 0.242. The number of para-hydroxylation sites is 2. The Kier molecular flexibility index (Phi) is 18.6. The number of carbonyl (C=O) groups excluding carboxylic acids is 3. The van der Waals surface area contributed by atoms with E-state index in [1.54, 1.807) is 24.3 Å². The lowest BCUT2D eigenvalue weighted by atomic mass is 9.94. The Labute approximate surface area is 427 Å². The molecular formula is C62H64F2N4O5. The predicted molar refractivity (Wildman–Crippen MR) is 290 cm³/mol. The minimum Gasteiger partial charge on any atom is -0.353 e. The molecule has 0 radical (unpaired) electrons. The van der Waals surface area contributed by atoms with E-state index in [0.29, 0.717) is 56.0 Å². The van der Waals surface area contributed by atoms with Crippen LogP contribution in [0.5, 0.6) is 0 Å². The maximum absolute atomic E-state index is 14.1. The van der Waals surface area contributed by atoms with Crippen molar-refractivity contribution < 1.29 is 32.6 Å². The lowest BCUT2D eigenvalue weighted by Gasteiger charge is -2.21. The predicted octanol–water partition coefficient (Wildman–Crippen LogP) is 15.1. The molecule has 0 saturated heterocycles. The van der Waals surface area contributed by atoms with Crippen molar-refractivity contribution in [2.24, 2.45) is 0 Å². The van der Waals surface area contributed by atoms with Gasteiger partial charge < -0.3 is 34.0 Å². The molecule has 0 spiro atoms. The highest BCUT2D eigenvalue weighted by Crippen LogP contribution is 2.44. The number of benzene rings is 6. The zero-order chi connectivity index (χ0) is 51.9. The first-order chi connectivity index (χ1) is 35.4. The molecule has 8 rings (SSSR count). The first-order valence-corrected chi connectivity index (χ1v) is 25.0. The van der Waals surface area contributed by atoms with Gasteiger partial charge in [-0.05, 0) is 121 Å². The van der Waals surface area contributed by atoms with Gasteiger partial charge in [0, 0.05) is 73.0 Å². The van der Waals surface area contributed by atoms with E-state index in [2.05, 4.69) is 33.6 Å². The maximum Gasteiger partial charge on any atom is 0.258 e. The molecule has 73 heavy (non-hydrogen) atoms. The van der Waals surface area contributed by atoms with Crippen molar-refractivity contribution in [1.29, 1.82) is 0 Å². The van der Waals surface area contributed by atoms with Gasteiger partial charge in [0.2, 0.25) is 0 Å². The number of ether oxygens (including phenoxy) is 2. The number of nitrogens with zero attached hydrogens (tertiary/aromatic N) is 2. The zero-order valence-electron chi connectivity index (χ0n) is 42.4. The van der Waals surface area contributed by atoms with Crippen molar-refractivity contribution in [3.8, 4) is 44.8 Å². The molecule has 0 saturated carbocycles. The van der Waals surface area contributed by atoms with Gasteiger partial charge >= 0.3 is 0 Å². The molecular weight excluding hydrogens is 919 g/mol. The number of hydrogen-bond donors (Lipinski definition) is 2. The molecule has 2 heterocycles. The molecule has 0 aliphatic carbocycles. The second-order valence-corrected chi connectivity index (χ2v) is 18.1. The van der Waals surface area contributed by atoms with Crippen molar-refractivity contribution in [3.05, 3.63) is 204 Å². The van der Waals surface area contributed by atoms with Gasteiger partial charge in [0.25, 0.3) is 11.8 Å². The third-order valence-corrected chi connectivity index (χ3v) is 12.3. The van der Waals surface area contributed by atoms with Crippen LogP contribution in [-0.4, -0.2) is 46.7 Å². The number of rotatable bonds is 20. The van der Waals surface area contributed by atoms with E-state index in [-0.39, 0.29) is 41.6 Å². The average Bonchev–Trinajstić information content (AvgIpc) is 3.94. The van der Waals surface area contributed by atoms with Crippen molar-refractivity contribution in [1.82, 2.24) is 9.13 Å². The fourth-order valence-corrected chi connectivity index (χ4v) is 9.42. The van der Waals surface area contributed by atoms with Gasteiger partial charge in [0.1, 0.15) is 17.9 Å². The van der Waals surface area contributed by atoms with Gasteiger partial charge in [-0.1, -0.05) is 125 Å². The van der Waals surface area contributed by atoms with Gasteiger partial charge in [0.15, 0.2) is 6.29 Å². The molecule has 9 nitrogen and oxygen atoms in total. The summed E-state index contributed by atoms with van der Waals surface area (Å²) in [4.78, 5) is 39.2. The summed E-state index contributed by atoms with van der Waals surface area (Å²) >= 11 is 0. The van der Waals surface area contributed by atoms with Crippen LogP contribution >= 0.6 is 0 Å². The van der Waals surface area contributed by atoms with Crippen LogP contribution in [0, 0.1) is 11.6 Å². The normalized spacial score (nSPS) is 11.2. The molecule has 0 unspecified atom stereocenters. The first-order valence-electron chi connectivity index (χ1n) is 25.0. The van der Waals surface area contributed by atoms with E-state index >= 15 is 0 Å². The second-order valence-electron chi connectivity index (χ2n) is 18.1. The topological polar surface area (TPSA) is 104 Å². The van der Waals surface area contributed by atoms with Crippen LogP contribution in [0.4, 0.5) is 20.2 Å². The Balaban J connectivity index is 0.000000216. The van der Waals surface area contributed by atoms with E-state index in [1.807, 2.05) is 149 Å². The van der Waals surface area contributed by atoms with Crippen LogP contribution in [0.2, 0.25) is 0 Å². The van der Waals surface area contributed by atoms with Crippen molar-refractivity contribution in [2.45, 2.75) is 85.6 Å². The maximum atomic E-state index is 14.1. The minimum absolute atomic E-state index is 0.000152. The van der Waals surface area contributed by atoms with Crippen LogP contribution in [0.25, 0.3) is 44.8 Å². The highest BCUT2D eigenvalue weighted by Gasteiger charge is 2.32. The standard InChI is InChI=1S/C33H37FN2O3.C29H27FN2O2/c1-5-38-28(39-6-2)21-22-36-31(23(3)4)30(33(37)35-27-15-11-8-12-16-27)29(24-13-9-7-10-14-24)32(36)25-17-19-26(34)20-18-25;1-20(2)27-26(29(34)31-24-12-7-4-8-13-24)25(21-10-5-3-6-11-21)28(32(27)18-9-19-33)22-14-16-23(30)17-15-22/h7-20,23,28H,5-6,21-22H2,1-4H3,(H,35,37);3-8,10-17,19-20H,9,18H2,1-2H3,(H,31,34). The Morgan fingerprint density at radius 3 is 1.21 bits per heavy atom. The molecule has 0 fully saturated rings. The summed E-state index contributed by atoms with van der Waals surface area (Å²) in [6.45, 7) is 14.2. The monoisotopic (exact) mass is 982 g/mol. The van der Waals surface area contributed by atoms with Gasteiger partial charge in [-0.25, -0.2) is 8.78 Å². The summed E-state index contributed by atoms with van der Waals surface area (Å²) in [6.07, 6.45) is 1.41. The quantitative estimate of drug-likeness (QED) is 0.0585. The Morgan fingerprint density at radius 2 is 0.863 bits per heavy atom. The summed E-state index contributed by atoms with van der Waals surface area (Å²) < 4.78 is 43.8. The number of aldehydes is 1. The number of halogens is 2. The van der Waals surface area contributed by atoms with Crippen LogP contribution in [0.1, 0.15) is 98.3 Å². The third kappa shape index (κ3) is 12.8. The number of aromatic nitrogens is 2. The molecule has 8 aromatic rings. The van der Waals surface area contributed by atoms with Crippen molar-refractivity contribution in [2.75, 3.05) is 23.8 Å². The lowest BCUT2D eigenvalue weighted by Crippen LogP contribution is -2.21. The minimum atomic E-state index is -0.370. The van der Waals surface area contributed by atoms with E-state index < -0.39 is 0 Å². The van der Waals surface area contributed by atoms with E-state index in [9.17, 15) is 23.2 Å². The summed E-state index contributed by atoms with van der Waals surface area (Å²) in [5.41, 5.74) is 11.0. The molecule has 0 bridgehead atoms. The number of carbonyl (C=O) groups is 3. The molecule has 2 N–H and O–H groups in total. The van der Waals surface area contributed by atoms with E-state index in [4.69, 9.17) is 9.47 Å². The van der Waals surface area contributed by atoms with E-state index in [0.717, 1.165) is 68.1 Å². The number of hydrogen-bond acceptors (Lipinski definition) is 5. The molecule has 376 valence electrons. The third-order valence-electron chi connectivity index (χ3n) is 12.3. The summed E-state index contributed by atoms with van der Waals surface area (Å²) in [5.74, 6) is -1.02. The zero-order valence-corrected chi connectivity index (χ0v) is 42.4. The molecule has 0 aliphatic rings. The molecule has 0 aliphatic heterocycles. The number of anilines is 2. The number of nitrogens with one attached hydrogen (secondary N) is 2. The van der Waals surface area contributed by atoms with Crippen LogP contribution in [-0.2, 0) is 27.4 Å². The molecule has 2 aromatic heterocycles. The average molecular weight is 983 g/mol. The lowest BCUT2D eigenvalue weighted by molar-refractivity contribution is -0.140. The first kappa shape index (κ1) is 53.1. The van der Waals surface area contributed by atoms with Crippen LogP contribution in [0.15, 0.2) is 170 Å². The van der Waals surface area contributed by atoms with Gasteiger partial charge in [-0.3, -0.25) is 9.59 Å². The Hall–Kier alpha value is -7.73. The molecule has 6 aromatic carbocycles. The van der Waals surface area contributed by atoms with Crippen LogP contribution < -0.4 is 10.6 Å². The molecule has 11 heteroatoms. The molecule has 0 atom stereocenters. The van der Waals surface area contributed by atoms with Crippen LogP contribution in [0.3, 0.4) is 0 Å². The summed E-state index contributed by atoms with van der Waals surface area (Å²) in [7, 11) is 0. The van der Waals surface area contributed by atoms with Gasteiger partial charge in [-0.15, -0.1) is 0 Å². The highest BCUT2D eigenvalue weighted by atomic mass is 19.1. The Bertz CT molecular complexity index is 3040. The fourth-order valence-electron chi connectivity index (χ4n) is 9.42. The van der Waals surface area contributed by atoms with Crippen molar-refractivity contribution in [3.63, 3.8) is 0 Å². The van der Waals surface area contributed by atoms with Gasteiger partial charge in [-0.2, -0.15) is 0 Å². The van der Waals surface area contributed by atoms with Crippen molar-refractivity contribution >= 4 is 29.5 Å². The summed E-state index contributed by atoms with van der Waals surface area (Å²) in [6, 6.07) is 51.2.